The van der Waals surface area contributed by atoms with Crippen LogP contribution in [0.15, 0.2) is 0 Å². The molecule has 1 saturated carbocycles. The van der Waals surface area contributed by atoms with Crippen LogP contribution in [0.4, 0.5) is 0 Å². The first-order chi connectivity index (χ1) is 8.28. The van der Waals surface area contributed by atoms with Crippen molar-refractivity contribution in [1.82, 2.24) is 0 Å². The van der Waals surface area contributed by atoms with Crippen LogP contribution in [0.2, 0.25) is 0 Å². The van der Waals surface area contributed by atoms with Crippen LogP contribution in [-0.2, 0) is 4.74 Å². The Labute approximate surface area is 128 Å². The Morgan fingerprint density at radius 3 is 2.17 bits per heavy atom. The van der Waals surface area contributed by atoms with Gasteiger partial charge in [0.05, 0.1) is 11.2 Å². The highest BCUT2D eigenvalue weighted by Crippen LogP contribution is 2.60. The second-order valence-corrected chi connectivity index (χ2v) is 9.80. The van der Waals surface area contributed by atoms with Crippen molar-refractivity contribution in [3.05, 3.63) is 0 Å². The van der Waals surface area contributed by atoms with Gasteiger partial charge in [0.25, 0.3) is 0 Å². The fraction of sp³-hybridized carbons (Fsp3) is 1.00. The van der Waals surface area contributed by atoms with Gasteiger partial charge >= 0.3 is 0 Å². The lowest BCUT2D eigenvalue weighted by Gasteiger charge is -2.46. The fourth-order valence-electron chi connectivity index (χ4n) is 4.42. The largest absolute Gasteiger partial charge is 0.367 e. The Balaban J connectivity index is 1.81. The standard InChI is InChI=1S/C15H24Br2O/c1-13(2)8-10(4-5-11(13)16)15-7-6-14(3,18-15)12(17)9-15/h10-12H,4-9H2,1-3H3. The number of hydrogen-bond donors (Lipinski definition) is 0. The van der Waals surface area contributed by atoms with Crippen molar-refractivity contribution in [3.63, 3.8) is 0 Å². The van der Waals surface area contributed by atoms with Crippen molar-refractivity contribution in [3.8, 4) is 0 Å². The van der Waals surface area contributed by atoms with Gasteiger partial charge in [-0.2, -0.15) is 0 Å². The summed E-state index contributed by atoms with van der Waals surface area (Å²) < 4.78 is 6.57. The lowest BCUT2D eigenvalue weighted by Crippen LogP contribution is -2.44. The van der Waals surface area contributed by atoms with Gasteiger partial charge in [-0.25, -0.2) is 0 Å². The first-order valence-corrected chi connectivity index (χ1v) is 9.09. The van der Waals surface area contributed by atoms with Gasteiger partial charge in [0.2, 0.25) is 0 Å². The molecule has 0 aromatic carbocycles. The summed E-state index contributed by atoms with van der Waals surface area (Å²) in [6, 6.07) is 0. The van der Waals surface area contributed by atoms with Gasteiger partial charge in [-0.15, -0.1) is 0 Å². The molecule has 0 aromatic rings. The van der Waals surface area contributed by atoms with Crippen LogP contribution in [0.5, 0.6) is 0 Å². The van der Waals surface area contributed by atoms with Crippen molar-refractivity contribution in [2.45, 2.75) is 80.2 Å². The Bertz CT molecular complexity index is 356. The van der Waals surface area contributed by atoms with Gasteiger partial charge in [-0.3, -0.25) is 0 Å². The van der Waals surface area contributed by atoms with E-state index >= 15 is 0 Å². The fourth-order valence-corrected chi connectivity index (χ4v) is 5.74. The number of hydrogen-bond acceptors (Lipinski definition) is 1. The summed E-state index contributed by atoms with van der Waals surface area (Å²) in [7, 11) is 0. The molecule has 0 N–H and O–H groups in total. The van der Waals surface area contributed by atoms with Crippen molar-refractivity contribution < 1.29 is 4.74 Å². The van der Waals surface area contributed by atoms with Crippen LogP contribution in [0.1, 0.15) is 59.3 Å². The zero-order valence-corrected chi connectivity index (χ0v) is 14.8. The molecule has 18 heavy (non-hydrogen) atoms. The molecule has 2 heterocycles. The van der Waals surface area contributed by atoms with Crippen LogP contribution < -0.4 is 0 Å². The maximum Gasteiger partial charge on any atom is 0.0788 e. The van der Waals surface area contributed by atoms with Gasteiger partial charge in [0.15, 0.2) is 0 Å². The van der Waals surface area contributed by atoms with Crippen molar-refractivity contribution in [1.29, 1.82) is 0 Å². The predicted molar refractivity (Wildman–Crippen MR) is 82.6 cm³/mol. The number of halogens is 2. The van der Waals surface area contributed by atoms with E-state index in [1.807, 2.05) is 0 Å². The third kappa shape index (κ3) is 1.95. The third-order valence-corrected chi connectivity index (χ3v) is 8.79. The molecule has 1 nitrogen and oxygen atoms in total. The van der Waals surface area contributed by atoms with Gasteiger partial charge in [-0.05, 0) is 56.8 Å². The van der Waals surface area contributed by atoms with E-state index in [2.05, 4.69) is 52.6 Å². The molecule has 2 bridgehead atoms. The molecule has 3 aliphatic rings. The summed E-state index contributed by atoms with van der Waals surface area (Å²) in [6.45, 7) is 7.11. The van der Waals surface area contributed by atoms with E-state index in [-0.39, 0.29) is 11.2 Å². The van der Waals surface area contributed by atoms with Gasteiger partial charge in [0.1, 0.15) is 0 Å². The Kier molecular flexibility index (Phi) is 3.24. The van der Waals surface area contributed by atoms with Crippen LogP contribution >= 0.6 is 31.9 Å². The number of fused-ring (bicyclic) bond motifs is 2. The summed E-state index contributed by atoms with van der Waals surface area (Å²) in [4.78, 5) is 1.23. The zero-order chi connectivity index (χ0) is 13.2. The third-order valence-electron chi connectivity index (χ3n) is 5.80. The van der Waals surface area contributed by atoms with Crippen LogP contribution in [0.25, 0.3) is 0 Å². The summed E-state index contributed by atoms with van der Waals surface area (Å²) in [5, 5.41) is 0. The van der Waals surface area contributed by atoms with E-state index in [1.165, 1.54) is 38.5 Å². The molecule has 2 saturated heterocycles. The van der Waals surface area contributed by atoms with E-state index in [0.717, 1.165) is 5.92 Å². The Morgan fingerprint density at radius 1 is 0.944 bits per heavy atom. The smallest absolute Gasteiger partial charge is 0.0788 e. The maximum absolute atomic E-state index is 6.57. The SMILES string of the molecule is CC1(C)CC(C23CCC(C)(O2)C(Br)C3)CCC1Br. The summed E-state index contributed by atoms with van der Waals surface area (Å²) >= 11 is 7.73. The minimum absolute atomic E-state index is 0.107. The monoisotopic (exact) mass is 378 g/mol. The average Bonchev–Trinajstić information content (AvgIpc) is 2.74. The lowest BCUT2D eigenvalue weighted by atomic mass is 9.64. The van der Waals surface area contributed by atoms with Crippen LogP contribution in [-0.4, -0.2) is 20.9 Å². The molecule has 5 unspecified atom stereocenters. The lowest BCUT2D eigenvalue weighted by molar-refractivity contribution is -0.0887. The van der Waals surface area contributed by atoms with E-state index in [1.54, 1.807) is 0 Å². The minimum atomic E-state index is 0.107. The van der Waals surface area contributed by atoms with E-state index in [0.29, 0.717) is 15.1 Å². The van der Waals surface area contributed by atoms with Gasteiger partial charge in [0, 0.05) is 9.65 Å². The molecular weight excluding hydrogens is 356 g/mol. The molecule has 3 rings (SSSR count). The van der Waals surface area contributed by atoms with E-state index in [4.69, 9.17) is 4.74 Å². The highest BCUT2D eigenvalue weighted by Gasteiger charge is 2.61. The molecule has 0 amide bonds. The maximum atomic E-state index is 6.57. The normalized spacial score (nSPS) is 54.8. The topological polar surface area (TPSA) is 9.23 Å². The number of rotatable bonds is 1. The first-order valence-electron chi connectivity index (χ1n) is 7.26. The predicted octanol–water partition coefficient (Wildman–Crippen LogP) is 5.05. The molecule has 3 heteroatoms. The Hall–Kier alpha value is 0.920. The molecule has 3 fully saturated rings. The highest BCUT2D eigenvalue weighted by atomic mass is 79.9. The number of alkyl halides is 2. The molecule has 0 spiro atoms. The zero-order valence-electron chi connectivity index (χ0n) is 11.6. The van der Waals surface area contributed by atoms with Crippen molar-refractivity contribution in [2.24, 2.45) is 11.3 Å². The van der Waals surface area contributed by atoms with Crippen LogP contribution in [0.3, 0.4) is 0 Å². The van der Waals surface area contributed by atoms with E-state index in [9.17, 15) is 0 Å². The number of ether oxygens (including phenoxy) is 1. The molecular formula is C15H24Br2O. The molecule has 104 valence electrons. The van der Waals surface area contributed by atoms with Gasteiger partial charge in [-0.1, -0.05) is 45.7 Å². The van der Waals surface area contributed by atoms with Crippen molar-refractivity contribution in [2.75, 3.05) is 0 Å². The molecule has 0 radical (unpaired) electrons. The summed E-state index contributed by atoms with van der Waals surface area (Å²) in [5.74, 6) is 0.755. The molecule has 1 aliphatic carbocycles. The molecule has 0 aromatic heterocycles. The second-order valence-electron chi connectivity index (χ2n) is 7.59. The average molecular weight is 380 g/mol. The first kappa shape index (κ1) is 13.9. The van der Waals surface area contributed by atoms with Crippen LogP contribution in [0, 0.1) is 11.3 Å². The summed E-state index contributed by atoms with van der Waals surface area (Å²) in [5.41, 5.74) is 0.702. The second kappa shape index (κ2) is 4.21. The van der Waals surface area contributed by atoms with Gasteiger partial charge < -0.3 is 4.74 Å². The quantitative estimate of drug-likeness (QED) is 0.579. The molecule has 2 aliphatic heterocycles. The highest BCUT2D eigenvalue weighted by molar-refractivity contribution is 9.09. The van der Waals surface area contributed by atoms with E-state index < -0.39 is 0 Å². The summed E-state index contributed by atoms with van der Waals surface area (Å²) in [6.07, 6.45) is 7.66. The molecule has 5 atom stereocenters. The van der Waals surface area contributed by atoms with Crippen molar-refractivity contribution >= 4 is 31.9 Å². The Morgan fingerprint density at radius 2 is 1.67 bits per heavy atom. The minimum Gasteiger partial charge on any atom is -0.367 e.